The molecule has 2 N–H and O–H groups in total. The highest BCUT2D eigenvalue weighted by Crippen LogP contribution is 2.10. The van der Waals surface area contributed by atoms with Gasteiger partial charge >= 0.3 is 0 Å². The fraction of sp³-hybridized carbons (Fsp3) is 0.462. The van der Waals surface area contributed by atoms with Crippen molar-refractivity contribution in [2.75, 3.05) is 25.2 Å². The van der Waals surface area contributed by atoms with Crippen LogP contribution < -0.4 is 10.1 Å². The summed E-state index contributed by atoms with van der Waals surface area (Å²) in [4.78, 5) is 11.4. The largest absolute Gasteiger partial charge is 0.484 e. The van der Waals surface area contributed by atoms with Crippen LogP contribution in [-0.4, -0.2) is 42.3 Å². The number of thioether (sulfide) groups is 1. The first kappa shape index (κ1) is 15.8. The van der Waals surface area contributed by atoms with Crippen molar-refractivity contribution in [3.05, 3.63) is 30.1 Å². The maximum atomic E-state index is 12.6. The molecule has 0 aliphatic heterocycles. The van der Waals surface area contributed by atoms with E-state index >= 15 is 0 Å². The van der Waals surface area contributed by atoms with Gasteiger partial charge in [-0.05, 0) is 42.7 Å². The zero-order chi connectivity index (χ0) is 14.1. The van der Waals surface area contributed by atoms with Crippen molar-refractivity contribution >= 4 is 17.7 Å². The number of ether oxygens (including phenoxy) is 1. The molecule has 0 radical (unpaired) electrons. The Balaban J connectivity index is 2.19. The molecule has 0 saturated carbocycles. The Morgan fingerprint density at radius 1 is 1.47 bits per heavy atom. The fourth-order valence-electron chi connectivity index (χ4n) is 1.32. The van der Waals surface area contributed by atoms with Crippen LogP contribution in [0.4, 0.5) is 4.39 Å². The summed E-state index contributed by atoms with van der Waals surface area (Å²) in [5.74, 6) is 0.615. The molecule has 0 bridgehead atoms. The minimum Gasteiger partial charge on any atom is -0.484 e. The second kappa shape index (κ2) is 8.77. The number of carbonyl (C=O) groups excluding carboxylic acids is 1. The maximum Gasteiger partial charge on any atom is 0.258 e. The van der Waals surface area contributed by atoms with Gasteiger partial charge in [-0.15, -0.1) is 0 Å². The number of aliphatic hydroxyl groups is 1. The third-order valence-electron chi connectivity index (χ3n) is 2.37. The summed E-state index contributed by atoms with van der Waals surface area (Å²) in [6, 6.07) is 5.44. The predicted octanol–water partition coefficient (Wildman–Crippen LogP) is 1.43. The number of benzene rings is 1. The first-order chi connectivity index (χ1) is 9.11. The summed E-state index contributed by atoms with van der Waals surface area (Å²) in [6.07, 6.45) is 2.06. The Bertz CT molecular complexity index is 386. The van der Waals surface area contributed by atoms with E-state index in [1.807, 2.05) is 6.26 Å². The normalized spacial score (nSPS) is 11.9. The van der Waals surface area contributed by atoms with Gasteiger partial charge in [0.25, 0.3) is 5.91 Å². The molecule has 0 heterocycles. The molecule has 1 unspecified atom stereocenters. The highest BCUT2D eigenvalue weighted by molar-refractivity contribution is 7.98. The van der Waals surface area contributed by atoms with Crippen LogP contribution in [0.2, 0.25) is 0 Å². The number of aliphatic hydroxyl groups excluding tert-OH is 1. The summed E-state index contributed by atoms with van der Waals surface area (Å²) >= 11 is 1.64. The van der Waals surface area contributed by atoms with E-state index < -0.39 is 6.10 Å². The lowest BCUT2D eigenvalue weighted by Gasteiger charge is -2.11. The maximum absolute atomic E-state index is 12.6. The number of hydrogen-bond acceptors (Lipinski definition) is 4. The molecule has 1 aromatic carbocycles. The highest BCUT2D eigenvalue weighted by atomic mass is 32.2. The molecule has 0 fully saturated rings. The first-order valence-corrected chi connectivity index (χ1v) is 7.33. The van der Waals surface area contributed by atoms with E-state index in [9.17, 15) is 14.3 Å². The van der Waals surface area contributed by atoms with Gasteiger partial charge in [-0.3, -0.25) is 4.79 Å². The third kappa shape index (κ3) is 7.03. The Morgan fingerprint density at radius 3 is 2.79 bits per heavy atom. The molecule has 1 atom stereocenters. The van der Waals surface area contributed by atoms with Crippen molar-refractivity contribution in [1.29, 1.82) is 0 Å². The van der Waals surface area contributed by atoms with Crippen LogP contribution in [0.15, 0.2) is 24.3 Å². The van der Waals surface area contributed by atoms with Crippen LogP contribution in [0.25, 0.3) is 0 Å². The Hall–Kier alpha value is -1.27. The lowest BCUT2D eigenvalue weighted by atomic mass is 10.3. The number of rotatable bonds is 8. The van der Waals surface area contributed by atoms with Crippen molar-refractivity contribution in [2.24, 2.45) is 0 Å². The zero-order valence-electron chi connectivity index (χ0n) is 10.8. The van der Waals surface area contributed by atoms with Gasteiger partial charge in [0.15, 0.2) is 6.61 Å². The van der Waals surface area contributed by atoms with Gasteiger partial charge in [-0.25, -0.2) is 4.39 Å². The molecular weight excluding hydrogens is 269 g/mol. The van der Waals surface area contributed by atoms with Crippen LogP contribution in [0, 0.1) is 5.82 Å². The average Bonchev–Trinajstić information content (AvgIpc) is 2.42. The molecule has 4 nitrogen and oxygen atoms in total. The average molecular weight is 287 g/mol. The molecule has 1 aromatic rings. The second-order valence-corrected chi connectivity index (χ2v) is 4.97. The van der Waals surface area contributed by atoms with Crippen LogP contribution in [-0.2, 0) is 4.79 Å². The minimum atomic E-state index is -0.540. The van der Waals surface area contributed by atoms with Crippen LogP contribution >= 0.6 is 11.8 Å². The van der Waals surface area contributed by atoms with E-state index in [1.165, 1.54) is 24.3 Å². The monoisotopic (exact) mass is 287 g/mol. The summed E-state index contributed by atoms with van der Waals surface area (Å²) in [7, 11) is 0. The molecule has 0 aromatic heterocycles. The van der Waals surface area contributed by atoms with E-state index in [-0.39, 0.29) is 24.9 Å². The van der Waals surface area contributed by atoms with Crippen molar-refractivity contribution in [2.45, 2.75) is 12.5 Å². The van der Waals surface area contributed by atoms with Gasteiger partial charge in [0, 0.05) is 6.54 Å². The lowest BCUT2D eigenvalue weighted by molar-refractivity contribution is -0.123. The van der Waals surface area contributed by atoms with Gasteiger partial charge < -0.3 is 15.2 Å². The zero-order valence-corrected chi connectivity index (χ0v) is 11.6. The first-order valence-electron chi connectivity index (χ1n) is 5.94. The van der Waals surface area contributed by atoms with Crippen LogP contribution in [0.1, 0.15) is 6.42 Å². The second-order valence-electron chi connectivity index (χ2n) is 3.98. The Morgan fingerprint density at radius 2 is 2.16 bits per heavy atom. The summed E-state index contributed by atoms with van der Waals surface area (Å²) in [5.41, 5.74) is 0. The molecule has 0 spiro atoms. The third-order valence-corrected chi connectivity index (χ3v) is 3.02. The van der Waals surface area contributed by atoms with E-state index in [1.54, 1.807) is 11.8 Å². The molecule has 19 heavy (non-hydrogen) atoms. The Labute approximate surface area is 116 Å². The van der Waals surface area contributed by atoms with Gasteiger partial charge in [0.05, 0.1) is 6.10 Å². The fourth-order valence-corrected chi connectivity index (χ4v) is 1.83. The van der Waals surface area contributed by atoms with Crippen molar-refractivity contribution in [1.82, 2.24) is 5.32 Å². The standard InChI is InChI=1S/C13H18FNO3S/c1-19-7-6-11(16)8-15-13(17)9-18-12-4-2-10(14)3-5-12/h2-5,11,16H,6-9H2,1H3,(H,15,17). The van der Waals surface area contributed by atoms with Crippen LogP contribution in [0.5, 0.6) is 5.75 Å². The molecule has 0 aliphatic rings. The summed E-state index contributed by atoms with van der Waals surface area (Å²) in [6.45, 7) is 0.0626. The molecule has 1 rings (SSSR count). The van der Waals surface area contributed by atoms with E-state index in [2.05, 4.69) is 5.32 Å². The van der Waals surface area contributed by atoms with Gasteiger partial charge in [-0.2, -0.15) is 11.8 Å². The quantitative estimate of drug-likeness (QED) is 0.759. The van der Waals surface area contributed by atoms with Gasteiger partial charge in [0.2, 0.25) is 0 Å². The van der Waals surface area contributed by atoms with Gasteiger partial charge in [0.1, 0.15) is 11.6 Å². The molecule has 0 saturated heterocycles. The van der Waals surface area contributed by atoms with E-state index in [0.717, 1.165) is 5.75 Å². The molecule has 106 valence electrons. The summed E-state index contributed by atoms with van der Waals surface area (Å²) < 4.78 is 17.8. The SMILES string of the molecule is CSCCC(O)CNC(=O)COc1ccc(F)cc1. The van der Waals surface area contributed by atoms with E-state index in [0.29, 0.717) is 12.2 Å². The van der Waals surface area contributed by atoms with Gasteiger partial charge in [-0.1, -0.05) is 0 Å². The smallest absolute Gasteiger partial charge is 0.258 e. The van der Waals surface area contributed by atoms with Crippen molar-refractivity contribution < 1.29 is 19.0 Å². The summed E-state index contributed by atoms with van der Waals surface area (Å²) in [5, 5.41) is 12.1. The number of halogens is 1. The van der Waals surface area contributed by atoms with Crippen LogP contribution in [0.3, 0.4) is 0 Å². The topological polar surface area (TPSA) is 58.6 Å². The van der Waals surface area contributed by atoms with Crippen molar-refractivity contribution in [3.63, 3.8) is 0 Å². The van der Waals surface area contributed by atoms with E-state index in [4.69, 9.17) is 4.74 Å². The number of carbonyl (C=O) groups is 1. The highest BCUT2D eigenvalue weighted by Gasteiger charge is 2.07. The molecule has 0 aliphatic carbocycles. The molecule has 6 heteroatoms. The number of nitrogens with one attached hydrogen (secondary N) is 1. The number of hydrogen-bond donors (Lipinski definition) is 2. The van der Waals surface area contributed by atoms with Crippen molar-refractivity contribution in [3.8, 4) is 5.75 Å². The Kier molecular flexibility index (Phi) is 7.28. The minimum absolute atomic E-state index is 0.152. The lowest BCUT2D eigenvalue weighted by Crippen LogP contribution is -2.35. The number of amides is 1. The molecule has 1 amide bonds. The molecular formula is C13H18FNO3S. The predicted molar refractivity (Wildman–Crippen MR) is 73.9 cm³/mol.